The fourth-order valence-corrected chi connectivity index (χ4v) is 1.36. The molecule has 0 aliphatic carbocycles. The summed E-state index contributed by atoms with van der Waals surface area (Å²) in [6.07, 6.45) is 0. The highest BCUT2D eigenvalue weighted by molar-refractivity contribution is 6.10. The summed E-state index contributed by atoms with van der Waals surface area (Å²) < 4.78 is 0. The molecule has 3 N–H and O–H groups in total. The molecule has 16 heavy (non-hydrogen) atoms. The number of nitrogens with two attached hydrogens (primary N) is 1. The number of benzene rings is 1. The van der Waals surface area contributed by atoms with Crippen molar-refractivity contribution in [2.24, 2.45) is 0 Å². The molecule has 0 aliphatic heterocycles. The molecule has 0 atom stereocenters. The van der Waals surface area contributed by atoms with Gasteiger partial charge in [-0.05, 0) is 13.0 Å². The number of rotatable bonds is 3. The van der Waals surface area contributed by atoms with E-state index in [1.165, 1.54) is 0 Å². The largest absolute Gasteiger partial charge is 0.477 e. The van der Waals surface area contributed by atoms with E-state index in [2.05, 4.69) is 0 Å². The minimum atomic E-state index is -1.55. The SMILES string of the molecule is CC(=O)c1c(N)ccc([N+](=O)[O-])c1C(=O)O. The quantitative estimate of drug-likeness (QED) is 0.342. The van der Waals surface area contributed by atoms with Crippen LogP contribution < -0.4 is 5.73 Å². The molecule has 1 rings (SSSR count). The topological polar surface area (TPSA) is 124 Å². The number of nitro benzene ring substituents is 1. The lowest BCUT2D eigenvalue weighted by molar-refractivity contribution is -0.385. The number of hydrogen-bond donors (Lipinski definition) is 2. The Hall–Kier alpha value is -2.44. The van der Waals surface area contributed by atoms with Crippen molar-refractivity contribution < 1.29 is 19.6 Å². The normalized spacial score (nSPS) is 9.81. The average Bonchev–Trinajstić information content (AvgIpc) is 2.15. The molecule has 0 fully saturated rings. The Kier molecular flexibility index (Phi) is 2.89. The van der Waals surface area contributed by atoms with Crippen molar-refractivity contribution in [2.45, 2.75) is 6.92 Å². The minimum Gasteiger partial charge on any atom is -0.477 e. The molecule has 1 aromatic carbocycles. The van der Waals surface area contributed by atoms with Crippen LogP contribution in [0.15, 0.2) is 12.1 Å². The van der Waals surface area contributed by atoms with Gasteiger partial charge in [0.1, 0.15) is 5.56 Å². The Balaban J connectivity index is 3.70. The van der Waals surface area contributed by atoms with Crippen molar-refractivity contribution in [1.82, 2.24) is 0 Å². The zero-order valence-electron chi connectivity index (χ0n) is 8.26. The molecule has 0 heterocycles. The van der Waals surface area contributed by atoms with Gasteiger partial charge in [0.2, 0.25) is 0 Å². The molecular weight excluding hydrogens is 216 g/mol. The lowest BCUT2D eigenvalue weighted by atomic mass is 10.0. The predicted molar refractivity (Wildman–Crippen MR) is 54.5 cm³/mol. The third kappa shape index (κ3) is 1.83. The molecule has 0 radical (unpaired) electrons. The Bertz CT molecular complexity index is 495. The van der Waals surface area contributed by atoms with Gasteiger partial charge in [-0.25, -0.2) is 4.79 Å². The van der Waals surface area contributed by atoms with Crippen LogP contribution in [0.25, 0.3) is 0 Å². The number of carboxylic acid groups (broad SMARTS) is 1. The van der Waals surface area contributed by atoms with Crippen LogP contribution in [-0.4, -0.2) is 21.8 Å². The fraction of sp³-hybridized carbons (Fsp3) is 0.111. The third-order valence-electron chi connectivity index (χ3n) is 1.98. The van der Waals surface area contributed by atoms with Gasteiger partial charge in [0, 0.05) is 11.8 Å². The van der Waals surface area contributed by atoms with E-state index >= 15 is 0 Å². The standard InChI is InChI=1S/C9H8N2O5/c1-4(12)7-5(10)2-3-6(11(15)16)8(7)9(13)14/h2-3H,10H2,1H3,(H,13,14). The van der Waals surface area contributed by atoms with E-state index in [1.807, 2.05) is 0 Å². The van der Waals surface area contributed by atoms with Crippen LogP contribution in [0, 0.1) is 10.1 Å². The van der Waals surface area contributed by atoms with Crippen molar-refractivity contribution >= 4 is 23.1 Å². The van der Waals surface area contributed by atoms with Crippen LogP contribution >= 0.6 is 0 Å². The van der Waals surface area contributed by atoms with Gasteiger partial charge in [0.25, 0.3) is 5.69 Å². The van der Waals surface area contributed by atoms with Crippen molar-refractivity contribution in [3.8, 4) is 0 Å². The average molecular weight is 224 g/mol. The van der Waals surface area contributed by atoms with Crippen molar-refractivity contribution in [1.29, 1.82) is 0 Å². The summed E-state index contributed by atoms with van der Waals surface area (Å²) in [4.78, 5) is 31.8. The summed E-state index contributed by atoms with van der Waals surface area (Å²) in [5.41, 5.74) is 3.69. The number of Topliss-reactive ketones (excluding diaryl/α,β-unsaturated/α-hetero) is 1. The van der Waals surface area contributed by atoms with E-state index in [4.69, 9.17) is 10.8 Å². The first kappa shape index (κ1) is 11.6. The van der Waals surface area contributed by atoms with Crippen molar-refractivity contribution in [2.75, 3.05) is 5.73 Å². The molecule has 0 amide bonds. The van der Waals surface area contributed by atoms with E-state index in [9.17, 15) is 19.7 Å². The fourth-order valence-electron chi connectivity index (χ4n) is 1.36. The highest BCUT2D eigenvalue weighted by Crippen LogP contribution is 2.27. The number of ketones is 1. The van der Waals surface area contributed by atoms with Crippen molar-refractivity contribution in [3.63, 3.8) is 0 Å². The molecule has 0 aliphatic rings. The van der Waals surface area contributed by atoms with Gasteiger partial charge in [-0.1, -0.05) is 0 Å². The summed E-state index contributed by atoms with van der Waals surface area (Å²) in [5, 5.41) is 19.5. The Morgan fingerprint density at radius 1 is 1.38 bits per heavy atom. The summed E-state index contributed by atoms with van der Waals surface area (Å²) in [6, 6.07) is 2.10. The zero-order valence-corrected chi connectivity index (χ0v) is 8.26. The summed E-state index contributed by atoms with van der Waals surface area (Å²) in [7, 11) is 0. The molecule has 84 valence electrons. The molecule has 0 unspecified atom stereocenters. The van der Waals surface area contributed by atoms with Crippen LogP contribution in [0.2, 0.25) is 0 Å². The maximum Gasteiger partial charge on any atom is 0.343 e. The van der Waals surface area contributed by atoms with Gasteiger partial charge in [0.05, 0.1) is 10.5 Å². The summed E-state index contributed by atoms with van der Waals surface area (Å²) in [6.45, 7) is 1.10. The molecule has 0 saturated heterocycles. The Labute approximate surface area is 89.6 Å². The lowest BCUT2D eigenvalue weighted by Crippen LogP contribution is -2.12. The number of nitrogens with zero attached hydrogens (tertiary/aromatic N) is 1. The predicted octanol–water partition coefficient (Wildman–Crippen LogP) is 1.08. The molecule has 7 nitrogen and oxygen atoms in total. The molecule has 0 bridgehead atoms. The Morgan fingerprint density at radius 2 is 1.94 bits per heavy atom. The number of aromatic carboxylic acids is 1. The van der Waals surface area contributed by atoms with E-state index in [1.54, 1.807) is 0 Å². The molecule has 7 heteroatoms. The maximum atomic E-state index is 11.2. The van der Waals surface area contributed by atoms with Gasteiger partial charge in [-0.2, -0.15) is 0 Å². The van der Waals surface area contributed by atoms with Crippen LogP contribution in [0.1, 0.15) is 27.6 Å². The van der Waals surface area contributed by atoms with Crippen LogP contribution in [0.3, 0.4) is 0 Å². The Morgan fingerprint density at radius 3 is 2.31 bits per heavy atom. The number of anilines is 1. The second-order valence-electron chi connectivity index (χ2n) is 3.04. The number of nitro groups is 1. The number of hydrogen-bond acceptors (Lipinski definition) is 5. The zero-order chi connectivity index (χ0) is 12.5. The summed E-state index contributed by atoms with van der Waals surface area (Å²) >= 11 is 0. The van der Waals surface area contributed by atoms with E-state index in [-0.39, 0.29) is 11.3 Å². The second kappa shape index (κ2) is 3.97. The van der Waals surface area contributed by atoms with Crippen LogP contribution in [-0.2, 0) is 0 Å². The molecule has 0 saturated carbocycles. The maximum absolute atomic E-state index is 11.2. The lowest BCUT2D eigenvalue weighted by Gasteiger charge is -2.06. The van der Waals surface area contributed by atoms with E-state index in [0.717, 1.165) is 19.1 Å². The summed E-state index contributed by atoms with van der Waals surface area (Å²) in [5.74, 6) is -2.18. The van der Waals surface area contributed by atoms with Crippen LogP contribution in [0.4, 0.5) is 11.4 Å². The van der Waals surface area contributed by atoms with Gasteiger partial charge in [-0.15, -0.1) is 0 Å². The highest BCUT2D eigenvalue weighted by atomic mass is 16.6. The third-order valence-corrected chi connectivity index (χ3v) is 1.98. The number of carbonyl (C=O) groups is 2. The van der Waals surface area contributed by atoms with Gasteiger partial charge >= 0.3 is 5.97 Å². The molecular formula is C9H8N2O5. The number of nitrogen functional groups attached to an aromatic ring is 1. The second-order valence-corrected chi connectivity index (χ2v) is 3.04. The highest BCUT2D eigenvalue weighted by Gasteiger charge is 2.27. The van der Waals surface area contributed by atoms with Gasteiger partial charge < -0.3 is 10.8 Å². The first-order valence-electron chi connectivity index (χ1n) is 4.17. The first-order valence-corrected chi connectivity index (χ1v) is 4.17. The van der Waals surface area contributed by atoms with E-state index in [0.29, 0.717) is 0 Å². The first-order chi connectivity index (χ1) is 7.36. The minimum absolute atomic E-state index is 0.0875. The van der Waals surface area contributed by atoms with Crippen molar-refractivity contribution in [3.05, 3.63) is 33.4 Å². The van der Waals surface area contributed by atoms with Crippen LogP contribution in [0.5, 0.6) is 0 Å². The number of carbonyl (C=O) groups excluding carboxylic acids is 1. The monoisotopic (exact) mass is 224 g/mol. The smallest absolute Gasteiger partial charge is 0.343 e. The van der Waals surface area contributed by atoms with E-state index < -0.39 is 27.9 Å². The van der Waals surface area contributed by atoms with Gasteiger partial charge in [0.15, 0.2) is 5.78 Å². The molecule has 0 aromatic heterocycles. The van der Waals surface area contributed by atoms with Gasteiger partial charge in [-0.3, -0.25) is 14.9 Å². The molecule has 1 aromatic rings. The number of carboxylic acids is 1. The molecule has 0 spiro atoms.